The predicted octanol–water partition coefficient (Wildman–Crippen LogP) is 1.53. The number of halogens is 1. The molecule has 0 aromatic heterocycles. The van der Waals surface area contributed by atoms with Crippen LogP contribution >= 0.6 is 23.0 Å². The van der Waals surface area contributed by atoms with Crippen molar-refractivity contribution >= 4 is 23.0 Å². The van der Waals surface area contributed by atoms with Gasteiger partial charge in [-0.05, 0) is 12.8 Å². The molecule has 1 fully saturated rings. The summed E-state index contributed by atoms with van der Waals surface area (Å²) in [7, 11) is 0. The second-order valence-corrected chi connectivity index (χ2v) is 2.44. The van der Waals surface area contributed by atoms with Crippen molar-refractivity contribution in [2.24, 2.45) is 0 Å². The summed E-state index contributed by atoms with van der Waals surface area (Å²) in [5.41, 5.74) is 0. The molecule has 48 valence electrons. The van der Waals surface area contributed by atoms with E-state index >= 15 is 0 Å². The van der Waals surface area contributed by atoms with Crippen LogP contribution in [0.25, 0.3) is 0 Å². The van der Waals surface area contributed by atoms with Crippen LogP contribution in [-0.4, -0.2) is 19.3 Å². The molecule has 0 aromatic carbocycles. The normalized spacial score (nSPS) is 30.4. The average Bonchev–Trinajstić information content (AvgIpc) is 1.90. The van der Waals surface area contributed by atoms with Crippen LogP contribution in [0.3, 0.4) is 0 Å². The molecule has 0 bridgehead atoms. The van der Waals surface area contributed by atoms with Gasteiger partial charge in [-0.1, -0.05) is 0 Å². The van der Waals surface area contributed by atoms with Crippen molar-refractivity contribution in [1.29, 1.82) is 0 Å². The molecular weight excluding hydrogens is 219 g/mol. The van der Waals surface area contributed by atoms with Crippen LogP contribution < -0.4 is 0 Å². The third-order valence-corrected chi connectivity index (χ3v) is 1.96. The van der Waals surface area contributed by atoms with Gasteiger partial charge in [0.25, 0.3) is 0 Å². The van der Waals surface area contributed by atoms with Crippen LogP contribution in [0.1, 0.15) is 12.8 Å². The molecule has 2 nitrogen and oxygen atoms in total. The third-order valence-electron chi connectivity index (χ3n) is 1.24. The third kappa shape index (κ3) is 1.87. The van der Waals surface area contributed by atoms with E-state index in [-0.39, 0.29) is 0 Å². The largest absolute Gasteiger partial charge is 0.379 e. The standard InChI is InChI=1S/C5H9IO2/c6-8-5-2-1-3-7-4-5/h5H,1-4H2. The first kappa shape index (κ1) is 6.77. The minimum Gasteiger partial charge on any atom is -0.379 e. The van der Waals surface area contributed by atoms with Crippen molar-refractivity contribution < 1.29 is 7.80 Å². The second-order valence-electron chi connectivity index (χ2n) is 1.93. The number of ether oxygens (including phenoxy) is 1. The minimum atomic E-state index is 0.351. The molecule has 1 aliphatic heterocycles. The molecule has 0 aliphatic carbocycles. The zero-order chi connectivity index (χ0) is 5.82. The van der Waals surface area contributed by atoms with Gasteiger partial charge in [0.05, 0.1) is 12.7 Å². The Bertz CT molecular complexity index is 61.4. The maximum absolute atomic E-state index is 5.14. The quantitative estimate of drug-likeness (QED) is 0.633. The van der Waals surface area contributed by atoms with E-state index in [0.29, 0.717) is 6.10 Å². The summed E-state index contributed by atoms with van der Waals surface area (Å²) in [6, 6.07) is 0. The van der Waals surface area contributed by atoms with Gasteiger partial charge in [0.2, 0.25) is 0 Å². The van der Waals surface area contributed by atoms with Gasteiger partial charge in [0.1, 0.15) is 23.0 Å². The highest BCUT2D eigenvalue weighted by Crippen LogP contribution is 2.11. The van der Waals surface area contributed by atoms with Crippen LogP contribution in [0.2, 0.25) is 0 Å². The zero-order valence-electron chi connectivity index (χ0n) is 4.60. The molecule has 0 spiro atoms. The lowest BCUT2D eigenvalue weighted by molar-refractivity contribution is 0.0260. The molecule has 0 saturated carbocycles. The molecule has 1 unspecified atom stereocenters. The summed E-state index contributed by atoms with van der Waals surface area (Å²) in [5, 5.41) is 0. The van der Waals surface area contributed by atoms with E-state index in [9.17, 15) is 0 Å². The van der Waals surface area contributed by atoms with Crippen LogP contribution in [0, 0.1) is 0 Å². The van der Waals surface area contributed by atoms with Gasteiger partial charge >= 0.3 is 0 Å². The fraction of sp³-hybridized carbons (Fsp3) is 1.00. The van der Waals surface area contributed by atoms with Gasteiger partial charge in [-0.15, -0.1) is 0 Å². The van der Waals surface area contributed by atoms with Crippen LogP contribution in [-0.2, 0) is 7.80 Å². The fourth-order valence-electron chi connectivity index (χ4n) is 0.781. The van der Waals surface area contributed by atoms with E-state index in [4.69, 9.17) is 7.80 Å². The summed E-state index contributed by atoms with van der Waals surface area (Å²) in [5.74, 6) is 0. The SMILES string of the molecule is IOC1CCCOC1. The molecule has 0 amide bonds. The van der Waals surface area contributed by atoms with E-state index in [1.165, 1.54) is 0 Å². The zero-order valence-corrected chi connectivity index (χ0v) is 6.76. The molecule has 1 heterocycles. The second kappa shape index (κ2) is 3.63. The summed E-state index contributed by atoms with van der Waals surface area (Å²) in [6.45, 7) is 1.69. The van der Waals surface area contributed by atoms with Crippen LogP contribution in [0.15, 0.2) is 0 Å². The molecule has 0 N–H and O–H groups in total. The van der Waals surface area contributed by atoms with Gasteiger partial charge in [0, 0.05) is 6.61 Å². The molecular formula is C5H9IO2. The molecule has 1 atom stereocenters. The topological polar surface area (TPSA) is 18.5 Å². The molecule has 8 heavy (non-hydrogen) atoms. The molecule has 0 aromatic rings. The van der Waals surface area contributed by atoms with E-state index in [1.54, 1.807) is 0 Å². The molecule has 0 radical (unpaired) electrons. The average molecular weight is 228 g/mol. The van der Waals surface area contributed by atoms with Gasteiger partial charge in [-0.2, -0.15) is 0 Å². The number of rotatable bonds is 1. The lowest BCUT2D eigenvalue weighted by atomic mass is 10.2. The molecule has 3 heteroatoms. The Hall–Kier alpha value is 0.650. The summed E-state index contributed by atoms with van der Waals surface area (Å²) < 4.78 is 10.2. The van der Waals surface area contributed by atoms with Crippen molar-refractivity contribution in [3.05, 3.63) is 0 Å². The van der Waals surface area contributed by atoms with Crippen molar-refractivity contribution in [3.8, 4) is 0 Å². The maximum Gasteiger partial charge on any atom is 0.110 e. The highest BCUT2D eigenvalue weighted by atomic mass is 127. The minimum absolute atomic E-state index is 0.351. The van der Waals surface area contributed by atoms with Crippen LogP contribution in [0.5, 0.6) is 0 Å². The summed E-state index contributed by atoms with van der Waals surface area (Å²) >= 11 is 1.93. The van der Waals surface area contributed by atoms with E-state index < -0.39 is 0 Å². The maximum atomic E-state index is 5.14. The predicted molar refractivity (Wildman–Crippen MR) is 38.9 cm³/mol. The van der Waals surface area contributed by atoms with Crippen LogP contribution in [0.4, 0.5) is 0 Å². The Morgan fingerprint density at radius 2 is 2.50 bits per heavy atom. The van der Waals surface area contributed by atoms with E-state index in [0.717, 1.165) is 26.1 Å². The first-order valence-electron chi connectivity index (χ1n) is 2.78. The van der Waals surface area contributed by atoms with Gasteiger partial charge in [-0.3, -0.25) is 0 Å². The summed E-state index contributed by atoms with van der Waals surface area (Å²) in [6.07, 6.45) is 2.65. The fourth-order valence-corrected chi connectivity index (χ4v) is 1.18. The van der Waals surface area contributed by atoms with Gasteiger partial charge < -0.3 is 7.80 Å². The smallest absolute Gasteiger partial charge is 0.110 e. The Balaban J connectivity index is 2.13. The monoisotopic (exact) mass is 228 g/mol. The van der Waals surface area contributed by atoms with Crippen molar-refractivity contribution in [1.82, 2.24) is 0 Å². The van der Waals surface area contributed by atoms with Gasteiger partial charge in [0.15, 0.2) is 0 Å². The number of hydrogen-bond acceptors (Lipinski definition) is 2. The summed E-state index contributed by atoms with van der Waals surface area (Å²) in [4.78, 5) is 0. The Morgan fingerprint density at radius 3 is 2.88 bits per heavy atom. The lowest BCUT2D eigenvalue weighted by Gasteiger charge is -2.18. The Labute approximate surface area is 63.2 Å². The Kier molecular flexibility index (Phi) is 3.07. The lowest BCUT2D eigenvalue weighted by Crippen LogP contribution is -2.22. The molecule has 1 saturated heterocycles. The van der Waals surface area contributed by atoms with Crippen molar-refractivity contribution in [3.63, 3.8) is 0 Å². The van der Waals surface area contributed by atoms with E-state index in [2.05, 4.69) is 0 Å². The highest BCUT2D eigenvalue weighted by molar-refractivity contribution is 14.1. The molecule has 1 aliphatic rings. The number of hydrogen-bond donors (Lipinski definition) is 0. The first-order valence-corrected chi connectivity index (χ1v) is 3.66. The van der Waals surface area contributed by atoms with Gasteiger partial charge in [-0.25, -0.2) is 0 Å². The first-order chi connectivity index (χ1) is 3.93. The van der Waals surface area contributed by atoms with Crippen molar-refractivity contribution in [2.75, 3.05) is 13.2 Å². The van der Waals surface area contributed by atoms with E-state index in [1.807, 2.05) is 23.0 Å². The Morgan fingerprint density at radius 1 is 1.62 bits per heavy atom. The molecule has 1 rings (SSSR count). The highest BCUT2D eigenvalue weighted by Gasteiger charge is 2.12. The van der Waals surface area contributed by atoms with Crippen molar-refractivity contribution in [2.45, 2.75) is 18.9 Å².